The standard InChI is InChI=1S/C21H30N4O4/c1-24(10-7-14-5-8-22-9-6-14)20(28)15-3-4-16-13-25(2)21(29)18(12-19(26)27)23-17(16)11-15/h3-4,11,14,18,22-23H,5-10,12-13H2,1-2H3,(H,26,27)/t18-/m1/s1. The predicted octanol–water partition coefficient (Wildman–Crippen LogP) is 1.38. The molecular weight excluding hydrogens is 372 g/mol. The first kappa shape index (κ1) is 21.1. The Labute approximate surface area is 171 Å². The van der Waals surface area contributed by atoms with Crippen LogP contribution in [0.3, 0.4) is 0 Å². The van der Waals surface area contributed by atoms with Gasteiger partial charge in [0.15, 0.2) is 0 Å². The van der Waals surface area contributed by atoms with E-state index in [2.05, 4.69) is 10.6 Å². The van der Waals surface area contributed by atoms with E-state index < -0.39 is 12.0 Å². The van der Waals surface area contributed by atoms with Gasteiger partial charge in [0.1, 0.15) is 6.04 Å². The summed E-state index contributed by atoms with van der Waals surface area (Å²) in [5.74, 6) is -0.728. The zero-order valence-electron chi connectivity index (χ0n) is 17.1. The molecule has 0 spiro atoms. The third-order valence-electron chi connectivity index (χ3n) is 5.83. The maximum atomic E-state index is 12.9. The van der Waals surface area contributed by atoms with Crippen LogP contribution in [-0.4, -0.2) is 72.5 Å². The van der Waals surface area contributed by atoms with Gasteiger partial charge in [0, 0.05) is 38.4 Å². The van der Waals surface area contributed by atoms with Gasteiger partial charge in [0.25, 0.3) is 5.91 Å². The number of anilines is 1. The van der Waals surface area contributed by atoms with Gasteiger partial charge >= 0.3 is 5.97 Å². The fourth-order valence-electron chi connectivity index (χ4n) is 4.01. The van der Waals surface area contributed by atoms with Gasteiger partial charge in [-0.15, -0.1) is 0 Å². The number of nitrogens with zero attached hydrogens (tertiary/aromatic N) is 2. The van der Waals surface area contributed by atoms with E-state index in [-0.39, 0.29) is 18.2 Å². The molecule has 1 aromatic rings. The second-order valence-corrected chi connectivity index (χ2v) is 8.07. The maximum absolute atomic E-state index is 12.9. The van der Waals surface area contributed by atoms with Crippen molar-refractivity contribution in [2.45, 2.75) is 38.3 Å². The average Bonchev–Trinajstić information content (AvgIpc) is 2.82. The highest BCUT2D eigenvalue weighted by Gasteiger charge is 2.29. The molecule has 1 saturated heterocycles. The van der Waals surface area contributed by atoms with Crippen molar-refractivity contribution < 1.29 is 19.5 Å². The first-order valence-corrected chi connectivity index (χ1v) is 10.2. The summed E-state index contributed by atoms with van der Waals surface area (Å²) in [7, 11) is 3.47. The summed E-state index contributed by atoms with van der Waals surface area (Å²) >= 11 is 0. The number of carboxylic acids is 1. The molecule has 29 heavy (non-hydrogen) atoms. The molecule has 2 aliphatic heterocycles. The lowest BCUT2D eigenvalue weighted by atomic mass is 9.94. The largest absolute Gasteiger partial charge is 0.481 e. The molecule has 0 unspecified atom stereocenters. The number of aliphatic carboxylic acids is 1. The predicted molar refractivity (Wildman–Crippen MR) is 110 cm³/mol. The van der Waals surface area contributed by atoms with Crippen molar-refractivity contribution in [1.82, 2.24) is 15.1 Å². The van der Waals surface area contributed by atoms with Crippen molar-refractivity contribution in [3.05, 3.63) is 29.3 Å². The van der Waals surface area contributed by atoms with E-state index in [1.807, 2.05) is 13.1 Å². The zero-order valence-corrected chi connectivity index (χ0v) is 17.1. The molecule has 0 aliphatic carbocycles. The smallest absolute Gasteiger partial charge is 0.305 e. The van der Waals surface area contributed by atoms with E-state index in [4.69, 9.17) is 5.11 Å². The lowest BCUT2D eigenvalue weighted by Gasteiger charge is -2.25. The zero-order chi connectivity index (χ0) is 21.0. The second-order valence-electron chi connectivity index (χ2n) is 8.07. The third-order valence-corrected chi connectivity index (χ3v) is 5.83. The van der Waals surface area contributed by atoms with Crippen molar-refractivity contribution >= 4 is 23.5 Å². The van der Waals surface area contributed by atoms with Gasteiger partial charge in [0.2, 0.25) is 5.91 Å². The normalized spacial score (nSPS) is 19.9. The number of carbonyl (C=O) groups excluding carboxylic acids is 2. The molecule has 0 saturated carbocycles. The lowest BCUT2D eigenvalue weighted by molar-refractivity contribution is -0.141. The fraction of sp³-hybridized carbons (Fsp3) is 0.571. The number of carbonyl (C=O) groups is 3. The highest BCUT2D eigenvalue weighted by atomic mass is 16.4. The van der Waals surface area contributed by atoms with Crippen LogP contribution in [0.4, 0.5) is 5.69 Å². The number of likely N-dealkylation sites (N-methyl/N-ethyl adjacent to an activating group) is 1. The number of fused-ring (bicyclic) bond motifs is 1. The summed E-state index contributed by atoms with van der Waals surface area (Å²) in [5, 5.41) is 15.5. The van der Waals surface area contributed by atoms with E-state index in [9.17, 15) is 14.4 Å². The Morgan fingerprint density at radius 1 is 1.28 bits per heavy atom. The molecule has 158 valence electrons. The number of nitrogens with one attached hydrogen (secondary N) is 2. The molecule has 2 aliphatic rings. The fourth-order valence-corrected chi connectivity index (χ4v) is 4.01. The molecule has 2 heterocycles. The van der Waals surface area contributed by atoms with E-state index in [1.54, 1.807) is 24.1 Å². The van der Waals surface area contributed by atoms with Crippen LogP contribution in [0, 0.1) is 5.92 Å². The molecule has 3 rings (SSSR count). The van der Waals surface area contributed by atoms with Crippen LogP contribution in [0.2, 0.25) is 0 Å². The molecule has 1 aromatic carbocycles. The summed E-state index contributed by atoms with van der Waals surface area (Å²) in [5.41, 5.74) is 2.05. The Morgan fingerprint density at radius 3 is 2.69 bits per heavy atom. The Morgan fingerprint density at radius 2 is 2.00 bits per heavy atom. The summed E-state index contributed by atoms with van der Waals surface area (Å²) < 4.78 is 0. The summed E-state index contributed by atoms with van der Waals surface area (Å²) in [4.78, 5) is 39.7. The number of amides is 2. The Kier molecular flexibility index (Phi) is 6.74. The van der Waals surface area contributed by atoms with Crippen molar-refractivity contribution in [2.24, 2.45) is 5.92 Å². The quantitative estimate of drug-likeness (QED) is 0.664. The number of benzene rings is 1. The van der Waals surface area contributed by atoms with Crippen LogP contribution in [0.25, 0.3) is 0 Å². The molecule has 0 bridgehead atoms. The van der Waals surface area contributed by atoms with Crippen molar-refractivity contribution in [2.75, 3.05) is 39.0 Å². The second kappa shape index (κ2) is 9.26. The van der Waals surface area contributed by atoms with Crippen molar-refractivity contribution in [3.63, 3.8) is 0 Å². The number of hydrogen-bond acceptors (Lipinski definition) is 5. The van der Waals surface area contributed by atoms with Crippen LogP contribution >= 0.6 is 0 Å². The van der Waals surface area contributed by atoms with Gasteiger partial charge in [-0.1, -0.05) is 6.07 Å². The molecule has 0 aromatic heterocycles. The van der Waals surface area contributed by atoms with Crippen LogP contribution < -0.4 is 10.6 Å². The molecule has 1 atom stereocenters. The molecule has 1 fully saturated rings. The van der Waals surface area contributed by atoms with Gasteiger partial charge in [-0.3, -0.25) is 14.4 Å². The number of piperidine rings is 1. The summed E-state index contributed by atoms with van der Waals surface area (Å²) in [6.45, 7) is 3.17. The highest BCUT2D eigenvalue weighted by molar-refractivity contribution is 5.96. The molecule has 2 amide bonds. The number of carboxylic acid groups (broad SMARTS) is 1. The lowest BCUT2D eigenvalue weighted by Crippen LogP contribution is -2.39. The highest BCUT2D eigenvalue weighted by Crippen LogP contribution is 2.26. The number of rotatable bonds is 6. The Hall–Kier alpha value is -2.61. The van der Waals surface area contributed by atoms with Gasteiger partial charge in [-0.25, -0.2) is 0 Å². The third kappa shape index (κ3) is 5.26. The Balaban J connectivity index is 1.70. The first-order valence-electron chi connectivity index (χ1n) is 10.2. The number of hydrogen-bond donors (Lipinski definition) is 3. The van der Waals surface area contributed by atoms with Crippen LogP contribution in [0.5, 0.6) is 0 Å². The molecular formula is C21H30N4O4. The van der Waals surface area contributed by atoms with Crippen molar-refractivity contribution in [1.29, 1.82) is 0 Å². The van der Waals surface area contributed by atoms with E-state index in [0.717, 1.165) is 37.9 Å². The maximum Gasteiger partial charge on any atom is 0.305 e. The average molecular weight is 402 g/mol. The van der Waals surface area contributed by atoms with Crippen LogP contribution in [-0.2, 0) is 16.1 Å². The minimum atomic E-state index is -1.04. The minimum absolute atomic E-state index is 0.0674. The SMILES string of the molecule is CN(CCC1CCNCC1)C(=O)c1ccc2c(c1)N[C@H](CC(=O)O)C(=O)N(C)C2. The summed E-state index contributed by atoms with van der Waals surface area (Å²) in [6.07, 6.45) is 2.98. The van der Waals surface area contributed by atoms with Gasteiger partial charge < -0.3 is 25.5 Å². The van der Waals surface area contributed by atoms with Gasteiger partial charge in [-0.05, 0) is 56.0 Å². The first-order chi connectivity index (χ1) is 13.8. The molecule has 8 heteroatoms. The van der Waals surface area contributed by atoms with E-state index >= 15 is 0 Å². The topological polar surface area (TPSA) is 102 Å². The van der Waals surface area contributed by atoms with E-state index in [1.165, 1.54) is 4.90 Å². The van der Waals surface area contributed by atoms with Crippen molar-refractivity contribution in [3.8, 4) is 0 Å². The van der Waals surface area contributed by atoms with Gasteiger partial charge in [0.05, 0.1) is 6.42 Å². The van der Waals surface area contributed by atoms with Gasteiger partial charge in [-0.2, -0.15) is 0 Å². The van der Waals surface area contributed by atoms with Crippen LogP contribution in [0.15, 0.2) is 18.2 Å². The van der Waals surface area contributed by atoms with Crippen LogP contribution in [0.1, 0.15) is 41.6 Å². The molecule has 3 N–H and O–H groups in total. The van der Waals surface area contributed by atoms with E-state index in [0.29, 0.717) is 30.3 Å². The summed E-state index contributed by atoms with van der Waals surface area (Å²) in [6, 6.07) is 4.50. The minimum Gasteiger partial charge on any atom is -0.481 e. The Bertz CT molecular complexity index is 776. The monoisotopic (exact) mass is 402 g/mol. The molecule has 0 radical (unpaired) electrons. The molecule has 8 nitrogen and oxygen atoms in total.